The highest BCUT2D eigenvalue weighted by Gasteiger charge is 2.32. The second-order valence-electron chi connectivity index (χ2n) is 4.39. The third-order valence-corrected chi connectivity index (χ3v) is 3.02. The molecule has 0 bridgehead atoms. The normalized spacial score (nSPS) is 22.5. The molecule has 20 heavy (non-hydrogen) atoms. The van der Waals surface area contributed by atoms with Crippen molar-refractivity contribution in [2.45, 2.75) is 18.9 Å². The SMILES string of the molecule is FC(F)OC1(F)C=CC(c2cnc3cn[nH]c3c2)=CC1. The Labute approximate surface area is 112 Å². The van der Waals surface area contributed by atoms with E-state index in [1.165, 1.54) is 12.2 Å². The van der Waals surface area contributed by atoms with Crippen molar-refractivity contribution in [3.63, 3.8) is 0 Å². The van der Waals surface area contributed by atoms with E-state index in [1.54, 1.807) is 12.4 Å². The van der Waals surface area contributed by atoms with Gasteiger partial charge in [-0.25, -0.2) is 4.39 Å². The number of aromatic nitrogens is 3. The minimum atomic E-state index is -3.15. The van der Waals surface area contributed by atoms with Crippen molar-refractivity contribution in [1.29, 1.82) is 0 Å². The van der Waals surface area contributed by atoms with Gasteiger partial charge >= 0.3 is 6.61 Å². The number of nitrogens with zero attached hydrogens (tertiary/aromatic N) is 2. The highest BCUT2D eigenvalue weighted by Crippen LogP contribution is 2.32. The van der Waals surface area contributed by atoms with Crippen molar-refractivity contribution >= 4 is 16.6 Å². The lowest BCUT2D eigenvalue weighted by atomic mass is 9.98. The Morgan fingerprint density at radius 2 is 2.20 bits per heavy atom. The predicted molar refractivity (Wildman–Crippen MR) is 66.6 cm³/mol. The minimum Gasteiger partial charge on any atom is -0.281 e. The number of hydrogen-bond donors (Lipinski definition) is 1. The predicted octanol–water partition coefficient (Wildman–Crippen LogP) is 3.21. The van der Waals surface area contributed by atoms with E-state index < -0.39 is 12.5 Å². The van der Waals surface area contributed by atoms with E-state index in [-0.39, 0.29) is 6.42 Å². The number of H-pyrrole nitrogens is 1. The summed E-state index contributed by atoms with van der Waals surface area (Å²) in [4.78, 5) is 4.19. The molecule has 2 aromatic rings. The van der Waals surface area contributed by atoms with E-state index in [4.69, 9.17) is 0 Å². The van der Waals surface area contributed by atoms with Crippen LogP contribution in [0, 0.1) is 0 Å². The lowest BCUT2D eigenvalue weighted by Crippen LogP contribution is -2.27. The molecule has 0 saturated heterocycles. The van der Waals surface area contributed by atoms with Gasteiger partial charge in [0.2, 0.25) is 5.85 Å². The van der Waals surface area contributed by atoms with Gasteiger partial charge in [0.15, 0.2) is 0 Å². The first-order chi connectivity index (χ1) is 9.56. The smallest absolute Gasteiger partial charge is 0.281 e. The number of allylic oxidation sites excluding steroid dienone is 2. The lowest BCUT2D eigenvalue weighted by molar-refractivity contribution is -0.236. The quantitative estimate of drug-likeness (QED) is 0.939. The van der Waals surface area contributed by atoms with E-state index in [0.717, 1.165) is 22.7 Å². The summed E-state index contributed by atoms with van der Waals surface area (Å²) in [6.45, 7) is -3.15. The maximum atomic E-state index is 13.9. The minimum absolute atomic E-state index is 0.274. The van der Waals surface area contributed by atoms with Crippen LogP contribution in [0.25, 0.3) is 16.6 Å². The van der Waals surface area contributed by atoms with Gasteiger partial charge in [-0.2, -0.15) is 13.9 Å². The molecular formula is C13H10F3N3O. The highest BCUT2D eigenvalue weighted by molar-refractivity contribution is 5.82. The van der Waals surface area contributed by atoms with Crippen LogP contribution in [0.5, 0.6) is 0 Å². The summed E-state index contributed by atoms with van der Waals surface area (Å²) in [6.07, 6.45) is 6.84. The molecule has 0 aliphatic heterocycles. The number of hydrogen-bond acceptors (Lipinski definition) is 3. The number of pyridine rings is 1. The van der Waals surface area contributed by atoms with Crippen molar-refractivity contribution in [2.75, 3.05) is 0 Å². The molecule has 0 amide bonds. The Balaban J connectivity index is 1.84. The van der Waals surface area contributed by atoms with Crippen LogP contribution in [-0.2, 0) is 4.74 Å². The van der Waals surface area contributed by atoms with E-state index in [2.05, 4.69) is 19.9 Å². The second-order valence-corrected chi connectivity index (χ2v) is 4.39. The molecule has 0 radical (unpaired) electrons. The van der Waals surface area contributed by atoms with E-state index in [9.17, 15) is 13.2 Å². The van der Waals surface area contributed by atoms with Gasteiger partial charge in [0.25, 0.3) is 0 Å². The zero-order chi connectivity index (χ0) is 14.2. The number of rotatable bonds is 3. The van der Waals surface area contributed by atoms with Crippen LogP contribution in [0.15, 0.2) is 36.7 Å². The van der Waals surface area contributed by atoms with Gasteiger partial charge in [-0.05, 0) is 17.7 Å². The lowest BCUT2D eigenvalue weighted by Gasteiger charge is -2.23. The summed E-state index contributed by atoms with van der Waals surface area (Å²) in [5, 5.41) is 6.63. The van der Waals surface area contributed by atoms with Crippen molar-refractivity contribution in [3.05, 3.63) is 42.3 Å². The highest BCUT2D eigenvalue weighted by atomic mass is 19.3. The fourth-order valence-electron chi connectivity index (χ4n) is 2.04. The van der Waals surface area contributed by atoms with Gasteiger partial charge in [0.05, 0.1) is 11.7 Å². The van der Waals surface area contributed by atoms with Gasteiger partial charge < -0.3 is 0 Å². The Kier molecular flexibility index (Phi) is 3.06. The van der Waals surface area contributed by atoms with Crippen molar-refractivity contribution in [1.82, 2.24) is 15.2 Å². The summed E-state index contributed by atoms with van der Waals surface area (Å²) in [6, 6.07) is 1.81. The Hall–Kier alpha value is -2.15. The molecule has 4 nitrogen and oxygen atoms in total. The van der Waals surface area contributed by atoms with Gasteiger partial charge in [0, 0.05) is 18.2 Å². The van der Waals surface area contributed by atoms with Crippen molar-refractivity contribution < 1.29 is 17.9 Å². The zero-order valence-electron chi connectivity index (χ0n) is 10.2. The average Bonchev–Trinajstić information content (AvgIpc) is 2.85. The van der Waals surface area contributed by atoms with Crippen molar-refractivity contribution in [2.24, 2.45) is 0 Å². The third kappa shape index (κ3) is 2.44. The van der Waals surface area contributed by atoms with Gasteiger partial charge in [-0.15, -0.1) is 0 Å². The first-order valence-corrected chi connectivity index (χ1v) is 5.89. The molecule has 2 aromatic heterocycles. The molecule has 1 aliphatic carbocycles. The number of aromatic amines is 1. The number of halogens is 3. The molecular weight excluding hydrogens is 271 g/mol. The summed E-state index contributed by atoms with van der Waals surface area (Å²) < 4.78 is 42.0. The molecule has 104 valence electrons. The van der Waals surface area contributed by atoms with Crippen LogP contribution < -0.4 is 0 Å². The summed E-state index contributed by atoms with van der Waals surface area (Å²) in [5.74, 6) is -2.46. The first-order valence-electron chi connectivity index (χ1n) is 5.89. The maximum Gasteiger partial charge on any atom is 0.348 e. The van der Waals surface area contributed by atoms with Gasteiger partial charge in [0.1, 0.15) is 5.52 Å². The molecule has 2 heterocycles. The van der Waals surface area contributed by atoms with Crippen LogP contribution in [0.2, 0.25) is 0 Å². The van der Waals surface area contributed by atoms with Crippen LogP contribution in [0.4, 0.5) is 13.2 Å². The zero-order valence-corrected chi connectivity index (χ0v) is 10.2. The molecule has 0 fully saturated rings. The number of alkyl halides is 3. The Bertz CT molecular complexity index is 695. The number of fused-ring (bicyclic) bond motifs is 1. The Morgan fingerprint density at radius 1 is 1.35 bits per heavy atom. The molecule has 1 aliphatic rings. The van der Waals surface area contributed by atoms with E-state index in [0.29, 0.717) is 5.57 Å². The summed E-state index contributed by atoms with van der Waals surface area (Å²) in [7, 11) is 0. The second kappa shape index (κ2) is 4.75. The van der Waals surface area contributed by atoms with Crippen LogP contribution in [-0.4, -0.2) is 27.6 Å². The molecule has 1 N–H and O–H groups in total. The first kappa shape index (κ1) is 12.9. The van der Waals surface area contributed by atoms with Crippen LogP contribution in [0.1, 0.15) is 12.0 Å². The summed E-state index contributed by atoms with van der Waals surface area (Å²) in [5.41, 5.74) is 2.91. The van der Waals surface area contributed by atoms with E-state index >= 15 is 0 Å². The molecule has 0 saturated carbocycles. The number of ether oxygens (including phenoxy) is 1. The molecule has 0 aromatic carbocycles. The standard InChI is InChI=1S/C13H10F3N3O/c14-12(15)20-13(16)3-1-8(2-4-13)9-5-10-11(17-6-9)7-18-19-10/h1-3,5-7,12H,4H2,(H,18,19). The molecule has 7 heteroatoms. The molecule has 0 spiro atoms. The number of nitrogens with one attached hydrogen (secondary N) is 1. The van der Waals surface area contributed by atoms with E-state index in [1.807, 2.05) is 6.07 Å². The fraction of sp³-hybridized carbons (Fsp3) is 0.231. The molecule has 1 unspecified atom stereocenters. The fourth-order valence-corrected chi connectivity index (χ4v) is 2.04. The summed E-state index contributed by atoms with van der Waals surface area (Å²) >= 11 is 0. The topological polar surface area (TPSA) is 50.8 Å². The molecule has 3 rings (SSSR count). The van der Waals surface area contributed by atoms with Gasteiger partial charge in [-0.1, -0.05) is 12.2 Å². The van der Waals surface area contributed by atoms with Crippen LogP contribution in [0.3, 0.4) is 0 Å². The van der Waals surface area contributed by atoms with Crippen molar-refractivity contribution in [3.8, 4) is 0 Å². The largest absolute Gasteiger partial charge is 0.348 e. The average molecular weight is 281 g/mol. The Morgan fingerprint density at radius 3 is 2.90 bits per heavy atom. The van der Waals surface area contributed by atoms with Gasteiger partial charge in [-0.3, -0.25) is 14.8 Å². The third-order valence-electron chi connectivity index (χ3n) is 3.02. The maximum absolute atomic E-state index is 13.9. The molecule has 1 atom stereocenters. The van der Waals surface area contributed by atoms with Crippen LogP contribution >= 0.6 is 0 Å². The monoisotopic (exact) mass is 281 g/mol.